The van der Waals surface area contributed by atoms with Crippen molar-refractivity contribution >= 4 is 17.2 Å². The highest BCUT2D eigenvalue weighted by Crippen LogP contribution is 2.39. The molecule has 1 fully saturated rings. The molecular weight excluding hydrogens is 390 g/mol. The van der Waals surface area contributed by atoms with E-state index in [0.29, 0.717) is 0 Å². The van der Waals surface area contributed by atoms with Gasteiger partial charge in [-0.3, -0.25) is 14.7 Å². The summed E-state index contributed by atoms with van der Waals surface area (Å²) in [6.07, 6.45) is 3.44. The molecule has 0 spiro atoms. The quantitative estimate of drug-likeness (QED) is 0.600. The topological polar surface area (TPSA) is 45.2 Å². The van der Waals surface area contributed by atoms with E-state index < -0.39 is 5.41 Å². The maximum absolute atomic E-state index is 13.4. The summed E-state index contributed by atoms with van der Waals surface area (Å²) >= 11 is 1.75. The molecule has 3 aromatic rings. The van der Waals surface area contributed by atoms with Crippen molar-refractivity contribution in [1.29, 1.82) is 0 Å². The predicted molar refractivity (Wildman–Crippen MR) is 123 cm³/mol. The van der Waals surface area contributed by atoms with Crippen LogP contribution in [0.2, 0.25) is 0 Å². The molecule has 4 nitrogen and oxygen atoms in total. The molecule has 0 bridgehead atoms. The fourth-order valence-corrected chi connectivity index (χ4v) is 5.14. The largest absolute Gasteiger partial charge is 0.353 e. The number of hydrogen-bond acceptors (Lipinski definition) is 4. The Balaban J connectivity index is 1.61. The van der Waals surface area contributed by atoms with Crippen molar-refractivity contribution < 1.29 is 4.79 Å². The molecule has 5 heteroatoms. The van der Waals surface area contributed by atoms with Gasteiger partial charge in [0.15, 0.2) is 0 Å². The van der Waals surface area contributed by atoms with Crippen LogP contribution in [0.1, 0.15) is 31.5 Å². The summed E-state index contributed by atoms with van der Waals surface area (Å²) in [5, 5.41) is 5.31. The monoisotopic (exact) mass is 419 g/mol. The van der Waals surface area contributed by atoms with Crippen LogP contribution in [0.25, 0.3) is 10.4 Å². The van der Waals surface area contributed by atoms with Gasteiger partial charge in [0.05, 0.1) is 11.1 Å². The minimum Gasteiger partial charge on any atom is -0.353 e. The number of likely N-dealkylation sites (tertiary alicyclic amines) is 1. The molecule has 1 aliphatic rings. The number of benzene rings is 1. The first kappa shape index (κ1) is 20.8. The molecule has 0 radical (unpaired) electrons. The van der Waals surface area contributed by atoms with Crippen molar-refractivity contribution in [3.05, 3.63) is 77.4 Å². The van der Waals surface area contributed by atoms with E-state index in [-0.39, 0.29) is 11.9 Å². The Bertz CT molecular complexity index is 971. The van der Waals surface area contributed by atoms with E-state index in [1.54, 1.807) is 11.3 Å². The highest BCUT2D eigenvalue weighted by molar-refractivity contribution is 7.13. The minimum absolute atomic E-state index is 0.131. The first-order valence-corrected chi connectivity index (χ1v) is 11.5. The van der Waals surface area contributed by atoms with Crippen molar-refractivity contribution in [2.45, 2.75) is 39.3 Å². The van der Waals surface area contributed by atoms with Crippen LogP contribution >= 0.6 is 11.3 Å². The number of carbonyl (C=O) groups excluding carboxylic acids is 1. The highest BCUT2D eigenvalue weighted by Gasteiger charge is 2.45. The van der Waals surface area contributed by atoms with Gasteiger partial charge in [-0.1, -0.05) is 36.4 Å². The number of amides is 1. The van der Waals surface area contributed by atoms with Gasteiger partial charge in [0, 0.05) is 30.2 Å². The summed E-state index contributed by atoms with van der Waals surface area (Å²) in [4.78, 5) is 21.5. The van der Waals surface area contributed by atoms with Crippen LogP contribution in [0.4, 0.5) is 0 Å². The lowest BCUT2D eigenvalue weighted by atomic mass is 9.78. The molecule has 1 N–H and O–H groups in total. The lowest BCUT2D eigenvalue weighted by molar-refractivity contribution is -0.131. The molecule has 2 aromatic heterocycles. The van der Waals surface area contributed by atoms with E-state index in [1.165, 1.54) is 16.0 Å². The van der Waals surface area contributed by atoms with Crippen LogP contribution in [-0.2, 0) is 17.8 Å². The van der Waals surface area contributed by atoms with Crippen LogP contribution in [0.5, 0.6) is 0 Å². The second-order valence-electron chi connectivity index (χ2n) is 8.50. The molecule has 1 atom stereocenters. The van der Waals surface area contributed by atoms with Crippen molar-refractivity contribution in [1.82, 2.24) is 15.2 Å². The number of nitrogens with one attached hydrogen (secondary N) is 1. The summed E-state index contributed by atoms with van der Waals surface area (Å²) in [6, 6.07) is 18.9. The maximum Gasteiger partial charge on any atom is 0.228 e. The Morgan fingerprint density at radius 3 is 2.73 bits per heavy atom. The molecule has 156 valence electrons. The molecule has 30 heavy (non-hydrogen) atoms. The van der Waals surface area contributed by atoms with Crippen LogP contribution < -0.4 is 5.32 Å². The van der Waals surface area contributed by atoms with E-state index in [1.807, 2.05) is 32.2 Å². The minimum atomic E-state index is -0.424. The number of carbonyl (C=O) groups is 1. The Labute approximate surface area is 183 Å². The number of hydrogen-bond donors (Lipinski definition) is 1. The standard InChI is InChI=1S/C25H29N3OS/c1-19(2)27-24(29)25(12-14-28(18-25)17-21-9-5-6-13-26-21)16-20-8-3-4-10-22(20)23-11-7-15-30-23/h3-11,13,15,19H,12,14,16-18H2,1-2H3,(H,27,29)/t25-/m0/s1. The van der Waals surface area contributed by atoms with Gasteiger partial charge < -0.3 is 5.32 Å². The highest BCUT2D eigenvalue weighted by atomic mass is 32.1. The van der Waals surface area contributed by atoms with Gasteiger partial charge in [-0.25, -0.2) is 0 Å². The lowest BCUT2D eigenvalue weighted by Crippen LogP contribution is -2.46. The third kappa shape index (κ3) is 4.63. The van der Waals surface area contributed by atoms with Gasteiger partial charge in [-0.15, -0.1) is 11.3 Å². The first-order chi connectivity index (χ1) is 14.6. The van der Waals surface area contributed by atoms with Gasteiger partial charge in [0.2, 0.25) is 5.91 Å². The van der Waals surface area contributed by atoms with Gasteiger partial charge >= 0.3 is 0 Å². The fourth-order valence-electron chi connectivity index (χ4n) is 4.35. The smallest absolute Gasteiger partial charge is 0.228 e. The molecule has 4 rings (SSSR count). The Hall–Kier alpha value is -2.50. The summed E-state index contributed by atoms with van der Waals surface area (Å²) in [5.74, 6) is 0.169. The SMILES string of the molecule is CC(C)NC(=O)[C@]1(Cc2ccccc2-c2cccs2)CCN(Cc2ccccn2)C1. The number of aromatic nitrogens is 1. The Morgan fingerprint density at radius 1 is 1.17 bits per heavy atom. The third-order valence-electron chi connectivity index (χ3n) is 5.78. The van der Waals surface area contributed by atoms with Crippen LogP contribution in [0, 0.1) is 5.41 Å². The van der Waals surface area contributed by atoms with Crippen LogP contribution in [-0.4, -0.2) is 34.9 Å². The van der Waals surface area contributed by atoms with E-state index >= 15 is 0 Å². The molecule has 1 aliphatic heterocycles. The molecule has 1 aromatic carbocycles. The van der Waals surface area contributed by atoms with Crippen molar-refractivity contribution in [3.63, 3.8) is 0 Å². The summed E-state index contributed by atoms with van der Waals surface area (Å²) in [6.45, 7) is 6.51. The summed E-state index contributed by atoms with van der Waals surface area (Å²) in [5.41, 5.74) is 3.12. The van der Waals surface area contributed by atoms with Crippen molar-refractivity contribution in [3.8, 4) is 10.4 Å². The molecule has 0 unspecified atom stereocenters. The zero-order valence-corrected chi connectivity index (χ0v) is 18.5. The second-order valence-corrected chi connectivity index (χ2v) is 9.45. The van der Waals surface area contributed by atoms with E-state index in [4.69, 9.17) is 0 Å². The lowest BCUT2D eigenvalue weighted by Gasteiger charge is -2.30. The van der Waals surface area contributed by atoms with E-state index in [9.17, 15) is 4.79 Å². The predicted octanol–water partition coefficient (Wildman–Crippen LogP) is 4.77. The zero-order chi connectivity index (χ0) is 21.0. The molecule has 0 saturated carbocycles. The van der Waals surface area contributed by atoms with Crippen molar-refractivity contribution in [2.24, 2.45) is 5.41 Å². The number of pyridine rings is 1. The van der Waals surface area contributed by atoms with Crippen molar-refractivity contribution in [2.75, 3.05) is 13.1 Å². The Kier molecular flexibility index (Phi) is 6.30. The third-order valence-corrected chi connectivity index (χ3v) is 6.68. The molecule has 0 aliphatic carbocycles. The average molecular weight is 420 g/mol. The maximum atomic E-state index is 13.4. The van der Waals surface area contributed by atoms with E-state index in [2.05, 4.69) is 63.0 Å². The molecule has 1 saturated heterocycles. The Morgan fingerprint density at radius 2 is 2.00 bits per heavy atom. The van der Waals surface area contributed by atoms with Gasteiger partial charge in [-0.05, 0) is 67.9 Å². The first-order valence-electron chi connectivity index (χ1n) is 10.6. The number of thiophene rings is 1. The molecule has 1 amide bonds. The normalized spacial score (nSPS) is 19.3. The number of nitrogens with zero attached hydrogens (tertiary/aromatic N) is 2. The summed E-state index contributed by atoms with van der Waals surface area (Å²) < 4.78 is 0. The van der Waals surface area contributed by atoms with Gasteiger partial charge in [0.25, 0.3) is 0 Å². The average Bonchev–Trinajstić information content (AvgIpc) is 3.40. The molecular formula is C25H29N3OS. The molecule has 3 heterocycles. The van der Waals surface area contributed by atoms with Gasteiger partial charge in [0.1, 0.15) is 0 Å². The van der Waals surface area contributed by atoms with E-state index in [0.717, 1.165) is 38.2 Å². The van der Waals surface area contributed by atoms with Gasteiger partial charge in [-0.2, -0.15) is 0 Å². The van der Waals surface area contributed by atoms with Crippen LogP contribution in [0.15, 0.2) is 66.2 Å². The fraction of sp³-hybridized carbons (Fsp3) is 0.360. The van der Waals surface area contributed by atoms with Crippen LogP contribution in [0.3, 0.4) is 0 Å². The second kappa shape index (κ2) is 9.11. The number of rotatable bonds is 7. The summed E-state index contributed by atoms with van der Waals surface area (Å²) in [7, 11) is 0. The zero-order valence-electron chi connectivity index (χ0n) is 17.7.